The monoisotopic (exact) mass is 176 g/mol. The summed E-state index contributed by atoms with van der Waals surface area (Å²) in [4.78, 5) is 9.86. The van der Waals surface area contributed by atoms with E-state index >= 15 is 0 Å². The minimum absolute atomic E-state index is 0.815. The molecule has 1 aliphatic rings. The standard InChI is InChI=1S/C3F4O2S/c4-2(5)3(6,7)10-1(8)9-2. The largest absolute Gasteiger partial charge is 0.478 e. The van der Waals surface area contributed by atoms with Crippen molar-refractivity contribution < 1.29 is 27.1 Å². The molecule has 0 N–H and O–H groups in total. The van der Waals surface area contributed by atoms with Gasteiger partial charge in [-0.25, -0.2) is 4.79 Å². The molecule has 0 aromatic heterocycles. The van der Waals surface area contributed by atoms with Crippen LogP contribution in [0.4, 0.5) is 22.4 Å². The number of hydrogen-bond donors (Lipinski definition) is 0. The van der Waals surface area contributed by atoms with Crippen LogP contribution in [0.5, 0.6) is 0 Å². The molecule has 10 heavy (non-hydrogen) atoms. The highest BCUT2D eigenvalue weighted by molar-refractivity contribution is 8.14. The fourth-order valence-electron chi connectivity index (χ4n) is 0.349. The summed E-state index contributed by atoms with van der Waals surface area (Å²) in [6.07, 6.45) is -4.66. The Hall–Kier alpha value is -0.460. The Kier molecular flexibility index (Phi) is 1.36. The van der Waals surface area contributed by atoms with Gasteiger partial charge in [-0.2, -0.15) is 17.6 Å². The van der Waals surface area contributed by atoms with Crippen LogP contribution in [0.25, 0.3) is 0 Å². The van der Waals surface area contributed by atoms with Crippen molar-refractivity contribution in [2.24, 2.45) is 0 Å². The number of carbonyl (C=O) groups excluding carboxylic acids is 1. The molecule has 7 heteroatoms. The van der Waals surface area contributed by atoms with E-state index in [1.165, 1.54) is 0 Å². The lowest BCUT2D eigenvalue weighted by molar-refractivity contribution is -0.271. The number of thioether (sulfide) groups is 1. The van der Waals surface area contributed by atoms with E-state index in [2.05, 4.69) is 4.74 Å². The first-order valence-corrected chi connectivity index (χ1v) is 2.84. The number of halogens is 4. The Labute approximate surface area is 56.5 Å². The molecule has 1 saturated heterocycles. The summed E-state index contributed by atoms with van der Waals surface area (Å²) in [5, 5.41) is -6.08. The van der Waals surface area contributed by atoms with Gasteiger partial charge in [-0.1, -0.05) is 0 Å². The van der Waals surface area contributed by atoms with E-state index in [0.717, 1.165) is 0 Å². The fourth-order valence-corrected chi connectivity index (χ4v) is 0.865. The van der Waals surface area contributed by atoms with Gasteiger partial charge in [0.15, 0.2) is 0 Å². The van der Waals surface area contributed by atoms with Crippen molar-refractivity contribution in [1.82, 2.24) is 0 Å². The molecule has 0 aliphatic carbocycles. The average molecular weight is 176 g/mol. The third kappa shape index (κ3) is 0.938. The van der Waals surface area contributed by atoms with Gasteiger partial charge in [0, 0.05) is 11.8 Å². The molecule has 58 valence electrons. The summed E-state index contributed by atoms with van der Waals surface area (Å²) >= 11 is -0.815. The van der Waals surface area contributed by atoms with Gasteiger partial charge in [0.1, 0.15) is 0 Å². The van der Waals surface area contributed by atoms with Crippen molar-refractivity contribution in [3.05, 3.63) is 0 Å². The van der Waals surface area contributed by atoms with Crippen LogP contribution in [0.3, 0.4) is 0 Å². The minimum atomic E-state index is -4.66. The fraction of sp³-hybridized carbons (Fsp3) is 0.667. The summed E-state index contributed by atoms with van der Waals surface area (Å²) in [5.74, 6) is 0. The highest BCUT2D eigenvalue weighted by Crippen LogP contribution is 2.50. The maximum atomic E-state index is 11.8. The maximum Gasteiger partial charge on any atom is 0.478 e. The van der Waals surface area contributed by atoms with E-state index in [0.29, 0.717) is 0 Å². The van der Waals surface area contributed by atoms with Crippen LogP contribution in [-0.4, -0.2) is 16.7 Å². The number of hydrogen-bond acceptors (Lipinski definition) is 3. The van der Waals surface area contributed by atoms with Crippen molar-refractivity contribution in [2.75, 3.05) is 0 Å². The first kappa shape index (κ1) is 7.64. The predicted molar refractivity (Wildman–Crippen MR) is 24.0 cm³/mol. The van der Waals surface area contributed by atoms with Gasteiger partial charge < -0.3 is 4.74 Å². The first-order valence-electron chi connectivity index (χ1n) is 2.03. The van der Waals surface area contributed by atoms with Gasteiger partial charge in [0.25, 0.3) is 0 Å². The number of carbonyl (C=O) groups is 1. The van der Waals surface area contributed by atoms with Crippen LogP contribution in [0.1, 0.15) is 0 Å². The Morgan fingerprint density at radius 3 is 1.90 bits per heavy atom. The van der Waals surface area contributed by atoms with E-state index < -0.39 is 28.4 Å². The van der Waals surface area contributed by atoms with Gasteiger partial charge in [0.05, 0.1) is 0 Å². The number of cyclic esters (lactones) is 1. The summed E-state index contributed by atoms with van der Waals surface area (Å²) in [7, 11) is 0. The highest BCUT2D eigenvalue weighted by atomic mass is 32.2. The van der Waals surface area contributed by atoms with E-state index in [1.54, 1.807) is 0 Å². The van der Waals surface area contributed by atoms with Gasteiger partial charge >= 0.3 is 16.7 Å². The van der Waals surface area contributed by atoms with Crippen LogP contribution >= 0.6 is 11.8 Å². The second-order valence-corrected chi connectivity index (χ2v) is 2.54. The summed E-state index contributed by atoms with van der Waals surface area (Å²) in [6, 6.07) is 0. The molecule has 0 aromatic rings. The third-order valence-corrected chi connectivity index (χ3v) is 1.51. The average Bonchev–Trinajstić information content (AvgIpc) is 1.73. The zero-order chi connectivity index (χ0) is 7.99. The zero-order valence-corrected chi connectivity index (χ0v) is 5.05. The lowest BCUT2D eigenvalue weighted by atomic mass is 10.6. The quantitative estimate of drug-likeness (QED) is 0.417. The Bertz CT molecular complexity index is 161. The van der Waals surface area contributed by atoms with E-state index in [4.69, 9.17) is 0 Å². The normalized spacial score (nSPS) is 28.2. The van der Waals surface area contributed by atoms with Crippen LogP contribution in [0.2, 0.25) is 0 Å². The van der Waals surface area contributed by atoms with Crippen LogP contribution in [0, 0.1) is 0 Å². The molecule has 0 amide bonds. The Morgan fingerprint density at radius 2 is 1.80 bits per heavy atom. The number of alkyl halides is 4. The molecule has 1 fully saturated rings. The van der Waals surface area contributed by atoms with Crippen molar-refractivity contribution in [2.45, 2.75) is 11.4 Å². The minimum Gasteiger partial charge on any atom is -0.387 e. The molecular formula is C3F4O2S. The zero-order valence-electron chi connectivity index (χ0n) is 4.24. The van der Waals surface area contributed by atoms with Crippen molar-refractivity contribution in [3.8, 4) is 0 Å². The summed E-state index contributed by atoms with van der Waals surface area (Å²) in [6.45, 7) is 0. The number of rotatable bonds is 0. The first-order chi connectivity index (χ1) is 4.35. The molecule has 2 nitrogen and oxygen atoms in total. The maximum absolute atomic E-state index is 11.8. The second-order valence-electron chi connectivity index (χ2n) is 1.49. The molecule has 0 aromatic carbocycles. The van der Waals surface area contributed by atoms with Gasteiger partial charge in [0.2, 0.25) is 0 Å². The third-order valence-electron chi connectivity index (χ3n) is 0.762. The molecule has 1 rings (SSSR count). The lowest BCUT2D eigenvalue weighted by Crippen LogP contribution is -2.33. The molecule has 0 atom stereocenters. The van der Waals surface area contributed by atoms with Crippen molar-refractivity contribution >= 4 is 17.1 Å². The van der Waals surface area contributed by atoms with Gasteiger partial charge in [-0.05, 0) is 0 Å². The molecule has 0 spiro atoms. The van der Waals surface area contributed by atoms with Gasteiger partial charge in [-0.3, -0.25) is 0 Å². The van der Waals surface area contributed by atoms with Crippen LogP contribution < -0.4 is 0 Å². The summed E-state index contributed by atoms with van der Waals surface area (Å²) in [5.41, 5.74) is 0. The molecule has 0 saturated carbocycles. The van der Waals surface area contributed by atoms with Crippen molar-refractivity contribution in [1.29, 1.82) is 0 Å². The molecule has 0 bridgehead atoms. The Morgan fingerprint density at radius 1 is 1.30 bits per heavy atom. The smallest absolute Gasteiger partial charge is 0.387 e. The molecule has 0 unspecified atom stereocenters. The lowest BCUT2D eigenvalue weighted by Gasteiger charge is -2.11. The second kappa shape index (κ2) is 1.77. The molecule has 0 radical (unpaired) electrons. The van der Waals surface area contributed by atoms with Gasteiger partial charge in [-0.15, -0.1) is 0 Å². The van der Waals surface area contributed by atoms with Crippen LogP contribution in [-0.2, 0) is 4.74 Å². The van der Waals surface area contributed by atoms with Crippen LogP contribution in [0.15, 0.2) is 0 Å². The number of ether oxygens (including phenoxy) is 1. The van der Waals surface area contributed by atoms with Crippen molar-refractivity contribution in [3.63, 3.8) is 0 Å². The summed E-state index contributed by atoms with van der Waals surface area (Å²) < 4.78 is 50.2. The van der Waals surface area contributed by atoms with E-state index in [-0.39, 0.29) is 0 Å². The topological polar surface area (TPSA) is 26.3 Å². The Balaban J connectivity index is 2.88. The predicted octanol–water partition coefficient (Wildman–Crippen LogP) is 2.06. The van der Waals surface area contributed by atoms with E-state index in [1.807, 2.05) is 0 Å². The highest BCUT2D eigenvalue weighted by Gasteiger charge is 2.68. The molecule has 1 heterocycles. The van der Waals surface area contributed by atoms with E-state index in [9.17, 15) is 22.4 Å². The molecule has 1 aliphatic heterocycles. The SMILES string of the molecule is O=C1OC(F)(F)C(F)(F)S1. The molecular weight excluding hydrogens is 176 g/mol.